The molecule has 2 rings (SSSR count). The van der Waals surface area contributed by atoms with Gasteiger partial charge >= 0.3 is 0 Å². The van der Waals surface area contributed by atoms with Crippen LogP contribution in [0.15, 0.2) is 30.3 Å². The molecule has 0 aliphatic carbocycles. The number of hydrogen-bond donors (Lipinski definition) is 2. The lowest BCUT2D eigenvalue weighted by Gasteiger charge is -2.04. The monoisotopic (exact) mass is 314 g/mol. The van der Waals surface area contributed by atoms with E-state index in [1.807, 2.05) is 0 Å². The lowest BCUT2D eigenvalue weighted by atomic mass is 10.1. The van der Waals surface area contributed by atoms with Gasteiger partial charge in [-0.3, -0.25) is 0 Å². The molecule has 2 aromatic rings. The van der Waals surface area contributed by atoms with Crippen LogP contribution >= 0.6 is 34.8 Å². The number of benzene rings is 2. The van der Waals surface area contributed by atoms with E-state index < -0.39 is 0 Å². The van der Waals surface area contributed by atoms with E-state index in [1.54, 1.807) is 24.3 Å². The molecule has 5 heteroatoms. The summed E-state index contributed by atoms with van der Waals surface area (Å²) in [6.07, 6.45) is 3.36. The van der Waals surface area contributed by atoms with Gasteiger partial charge in [-0.1, -0.05) is 59.1 Å². The van der Waals surface area contributed by atoms with Crippen molar-refractivity contribution in [3.63, 3.8) is 0 Å². The molecule has 0 saturated heterocycles. The van der Waals surface area contributed by atoms with E-state index in [0.29, 0.717) is 21.2 Å². The van der Waals surface area contributed by atoms with Crippen LogP contribution in [0.2, 0.25) is 15.1 Å². The van der Waals surface area contributed by atoms with Crippen molar-refractivity contribution < 1.29 is 10.2 Å². The molecule has 2 nitrogen and oxygen atoms in total. The predicted molar refractivity (Wildman–Crippen MR) is 80.2 cm³/mol. The smallest absolute Gasteiger partial charge is 0.134 e. The summed E-state index contributed by atoms with van der Waals surface area (Å²) in [5, 5.41) is 19.7. The molecule has 0 aliphatic heterocycles. The molecule has 0 unspecified atom stereocenters. The number of halogens is 3. The highest BCUT2D eigenvalue weighted by atomic mass is 35.5. The summed E-state index contributed by atoms with van der Waals surface area (Å²) < 4.78 is 0. The van der Waals surface area contributed by atoms with Crippen LogP contribution < -0.4 is 0 Å². The Morgan fingerprint density at radius 2 is 1.53 bits per heavy atom. The van der Waals surface area contributed by atoms with Gasteiger partial charge in [0.25, 0.3) is 0 Å². The van der Waals surface area contributed by atoms with Crippen molar-refractivity contribution >= 4 is 47.0 Å². The maximum absolute atomic E-state index is 9.49. The summed E-state index contributed by atoms with van der Waals surface area (Å²) in [4.78, 5) is 0. The SMILES string of the molecule is Oc1cc(Cl)c(/C=C/c2cccc(O)c2Cl)c(Cl)c1. The van der Waals surface area contributed by atoms with Crippen LogP contribution in [-0.2, 0) is 0 Å². The molecule has 0 radical (unpaired) electrons. The Morgan fingerprint density at radius 1 is 0.895 bits per heavy atom. The van der Waals surface area contributed by atoms with E-state index in [2.05, 4.69) is 0 Å². The Morgan fingerprint density at radius 3 is 2.16 bits per heavy atom. The van der Waals surface area contributed by atoms with Crippen molar-refractivity contribution in [2.24, 2.45) is 0 Å². The van der Waals surface area contributed by atoms with Gasteiger partial charge in [0.15, 0.2) is 0 Å². The quantitative estimate of drug-likeness (QED) is 0.745. The van der Waals surface area contributed by atoms with Gasteiger partial charge in [-0.15, -0.1) is 0 Å². The minimum absolute atomic E-state index is 0.00235. The summed E-state index contributed by atoms with van der Waals surface area (Å²) in [6, 6.07) is 7.73. The third-order valence-corrected chi connectivity index (χ3v) is 3.54. The molecule has 2 N–H and O–H groups in total. The van der Waals surface area contributed by atoms with Crippen molar-refractivity contribution in [1.82, 2.24) is 0 Å². The number of phenols is 2. The molecule has 2 aromatic carbocycles. The van der Waals surface area contributed by atoms with Crippen LogP contribution in [0, 0.1) is 0 Å². The summed E-state index contributed by atoms with van der Waals surface area (Å²) in [7, 11) is 0. The van der Waals surface area contributed by atoms with Crippen molar-refractivity contribution in [1.29, 1.82) is 0 Å². The van der Waals surface area contributed by atoms with Crippen LogP contribution in [0.1, 0.15) is 11.1 Å². The maximum Gasteiger partial charge on any atom is 0.134 e. The van der Waals surface area contributed by atoms with E-state index in [9.17, 15) is 10.2 Å². The molecule has 0 spiro atoms. The molecule has 19 heavy (non-hydrogen) atoms. The van der Waals surface area contributed by atoms with Crippen molar-refractivity contribution in [3.05, 3.63) is 56.5 Å². The zero-order chi connectivity index (χ0) is 14.0. The maximum atomic E-state index is 9.49. The van der Waals surface area contributed by atoms with E-state index in [0.717, 1.165) is 0 Å². The van der Waals surface area contributed by atoms with E-state index in [4.69, 9.17) is 34.8 Å². The highest BCUT2D eigenvalue weighted by molar-refractivity contribution is 6.37. The Balaban J connectivity index is 2.41. The topological polar surface area (TPSA) is 40.5 Å². The molecule has 0 fully saturated rings. The Labute approximate surface area is 125 Å². The second-order valence-corrected chi connectivity index (χ2v) is 5.03. The number of rotatable bonds is 2. The van der Waals surface area contributed by atoms with Crippen molar-refractivity contribution in [2.45, 2.75) is 0 Å². The third-order valence-electron chi connectivity index (χ3n) is 2.50. The van der Waals surface area contributed by atoms with Gasteiger partial charge in [0.1, 0.15) is 11.5 Å². The molecule has 0 bridgehead atoms. The largest absolute Gasteiger partial charge is 0.508 e. The molecular formula is C14H9Cl3O2. The average molecular weight is 316 g/mol. The summed E-state index contributed by atoms with van der Waals surface area (Å²) in [5.41, 5.74) is 1.21. The van der Waals surface area contributed by atoms with E-state index in [-0.39, 0.29) is 16.5 Å². The summed E-state index contributed by atoms with van der Waals surface area (Å²) >= 11 is 17.9. The highest BCUT2D eigenvalue weighted by Gasteiger charge is 2.06. The lowest BCUT2D eigenvalue weighted by molar-refractivity contribution is 0.475. The van der Waals surface area contributed by atoms with Crippen LogP contribution in [0.25, 0.3) is 12.2 Å². The first-order valence-electron chi connectivity index (χ1n) is 5.32. The average Bonchev–Trinajstić information content (AvgIpc) is 2.33. The van der Waals surface area contributed by atoms with Gasteiger partial charge in [0.2, 0.25) is 0 Å². The van der Waals surface area contributed by atoms with Gasteiger partial charge in [-0.05, 0) is 23.8 Å². The van der Waals surface area contributed by atoms with E-state index >= 15 is 0 Å². The zero-order valence-electron chi connectivity index (χ0n) is 9.57. The third kappa shape index (κ3) is 3.16. The first-order valence-corrected chi connectivity index (χ1v) is 6.46. The van der Waals surface area contributed by atoms with Crippen LogP contribution in [0.3, 0.4) is 0 Å². The molecule has 0 atom stereocenters. The first kappa shape index (κ1) is 14.1. The Hall–Kier alpha value is -1.35. The Bertz CT molecular complexity index is 628. The normalized spacial score (nSPS) is 11.1. The second-order valence-electron chi connectivity index (χ2n) is 3.84. The highest BCUT2D eigenvalue weighted by Crippen LogP contribution is 2.33. The minimum atomic E-state index is 0.00235. The molecule has 98 valence electrons. The summed E-state index contributed by atoms with van der Waals surface area (Å²) in [5.74, 6) is 0.00857. The fraction of sp³-hybridized carbons (Fsp3) is 0. The molecular weight excluding hydrogens is 307 g/mol. The van der Waals surface area contributed by atoms with Gasteiger partial charge < -0.3 is 10.2 Å². The number of aromatic hydroxyl groups is 2. The standard InChI is InChI=1S/C14H9Cl3O2/c15-11-6-9(18)7-12(16)10(11)5-4-8-2-1-3-13(19)14(8)17/h1-7,18-19H/b5-4+. The summed E-state index contributed by atoms with van der Waals surface area (Å²) in [6.45, 7) is 0. The van der Waals surface area contributed by atoms with Gasteiger partial charge in [-0.2, -0.15) is 0 Å². The zero-order valence-corrected chi connectivity index (χ0v) is 11.8. The van der Waals surface area contributed by atoms with Crippen LogP contribution in [0.4, 0.5) is 0 Å². The first-order chi connectivity index (χ1) is 8.99. The molecule has 0 aliphatic rings. The molecule has 0 aromatic heterocycles. The molecule has 0 heterocycles. The predicted octanol–water partition coefficient (Wildman–Crippen LogP) is 5.23. The fourth-order valence-corrected chi connectivity index (χ4v) is 2.36. The van der Waals surface area contributed by atoms with Crippen molar-refractivity contribution in [3.8, 4) is 11.5 Å². The van der Waals surface area contributed by atoms with Gasteiger partial charge in [0.05, 0.1) is 15.1 Å². The van der Waals surface area contributed by atoms with Crippen LogP contribution in [0.5, 0.6) is 11.5 Å². The molecule has 0 saturated carbocycles. The minimum Gasteiger partial charge on any atom is -0.508 e. The number of phenolic OH excluding ortho intramolecular Hbond substituents is 2. The van der Waals surface area contributed by atoms with E-state index in [1.165, 1.54) is 18.2 Å². The van der Waals surface area contributed by atoms with Crippen molar-refractivity contribution in [2.75, 3.05) is 0 Å². The van der Waals surface area contributed by atoms with Gasteiger partial charge in [-0.25, -0.2) is 0 Å². The Kier molecular flexibility index (Phi) is 4.25. The van der Waals surface area contributed by atoms with Gasteiger partial charge in [0, 0.05) is 5.56 Å². The second kappa shape index (κ2) is 5.74. The number of hydrogen-bond acceptors (Lipinski definition) is 2. The van der Waals surface area contributed by atoms with Crippen LogP contribution in [-0.4, -0.2) is 10.2 Å². The molecule has 0 amide bonds. The fourth-order valence-electron chi connectivity index (χ4n) is 1.57. The lowest BCUT2D eigenvalue weighted by Crippen LogP contribution is -1.80.